The molecule has 5 rings (SSSR count). The lowest BCUT2D eigenvalue weighted by Gasteiger charge is -2.36. The number of benzene rings is 3. The van der Waals surface area contributed by atoms with Crippen molar-refractivity contribution in [2.45, 2.75) is 18.2 Å². The van der Waals surface area contributed by atoms with E-state index in [0.717, 1.165) is 11.1 Å². The lowest BCUT2D eigenvalue weighted by molar-refractivity contribution is 0.0341. The average molecular weight is 368 g/mol. The van der Waals surface area contributed by atoms with E-state index in [2.05, 4.69) is 47.3 Å². The minimum Gasteiger partial charge on any atom is -0.458 e. The molecule has 0 saturated carbocycles. The van der Waals surface area contributed by atoms with Crippen molar-refractivity contribution in [3.8, 4) is 6.07 Å². The molecule has 5 nitrogen and oxygen atoms in total. The standard InChI is InChI=1S/C23H20N4O/c24-13-18-19(15-7-2-1-3-8-15)20-21(26-27-23(20)28-22(18)25)17-11-10-14-6-4-5-9-16(14)12-17/h1-12,19-21,23,26-27H,25H2. The van der Waals surface area contributed by atoms with Crippen LogP contribution >= 0.6 is 0 Å². The molecule has 0 amide bonds. The first-order valence-corrected chi connectivity index (χ1v) is 9.37. The molecule has 0 aromatic heterocycles. The van der Waals surface area contributed by atoms with Crippen molar-refractivity contribution in [3.05, 3.63) is 95.4 Å². The van der Waals surface area contributed by atoms with Crippen LogP contribution in [0.15, 0.2) is 84.3 Å². The Labute approximate surface area is 163 Å². The van der Waals surface area contributed by atoms with Gasteiger partial charge in [0, 0.05) is 11.8 Å². The second kappa shape index (κ2) is 6.68. The fraction of sp³-hybridized carbons (Fsp3) is 0.174. The van der Waals surface area contributed by atoms with Crippen LogP contribution in [0.5, 0.6) is 0 Å². The van der Waals surface area contributed by atoms with Gasteiger partial charge >= 0.3 is 0 Å². The van der Waals surface area contributed by atoms with Crippen LogP contribution in [0.3, 0.4) is 0 Å². The fourth-order valence-corrected chi connectivity index (χ4v) is 4.44. The number of nitrogens with zero attached hydrogens (tertiary/aromatic N) is 1. The van der Waals surface area contributed by atoms with Crippen molar-refractivity contribution in [1.29, 1.82) is 5.26 Å². The number of hydrazine groups is 1. The van der Waals surface area contributed by atoms with E-state index in [1.54, 1.807) is 0 Å². The number of nitrogens with two attached hydrogens (primary N) is 1. The molecular weight excluding hydrogens is 348 g/mol. The van der Waals surface area contributed by atoms with Gasteiger partial charge in [0.15, 0.2) is 6.23 Å². The average Bonchev–Trinajstić information content (AvgIpc) is 3.16. The molecular formula is C23H20N4O. The zero-order valence-corrected chi connectivity index (χ0v) is 15.2. The first kappa shape index (κ1) is 16.8. The van der Waals surface area contributed by atoms with Crippen LogP contribution in [0.25, 0.3) is 10.8 Å². The summed E-state index contributed by atoms with van der Waals surface area (Å²) in [5.41, 5.74) is 15.4. The zero-order chi connectivity index (χ0) is 19.1. The summed E-state index contributed by atoms with van der Waals surface area (Å²) in [6, 6.07) is 27.1. The van der Waals surface area contributed by atoms with Gasteiger partial charge in [-0.1, -0.05) is 66.7 Å². The number of nitrogens with one attached hydrogen (secondary N) is 2. The number of allylic oxidation sites excluding steroid dienone is 1. The van der Waals surface area contributed by atoms with Crippen molar-refractivity contribution in [2.24, 2.45) is 11.7 Å². The summed E-state index contributed by atoms with van der Waals surface area (Å²) in [5.74, 6) is 0.0421. The highest BCUT2D eigenvalue weighted by Crippen LogP contribution is 2.47. The van der Waals surface area contributed by atoms with E-state index in [4.69, 9.17) is 10.5 Å². The number of rotatable bonds is 2. The van der Waals surface area contributed by atoms with Crippen LogP contribution in [-0.2, 0) is 4.74 Å². The highest BCUT2D eigenvalue weighted by Gasteiger charge is 2.49. The molecule has 2 aliphatic rings. The maximum Gasteiger partial charge on any atom is 0.200 e. The summed E-state index contributed by atoms with van der Waals surface area (Å²) in [5, 5.41) is 12.2. The second-order valence-corrected chi connectivity index (χ2v) is 7.27. The zero-order valence-electron chi connectivity index (χ0n) is 15.2. The molecule has 3 aromatic rings. The van der Waals surface area contributed by atoms with Crippen LogP contribution in [0.2, 0.25) is 0 Å². The Balaban J connectivity index is 1.62. The number of hydrogen-bond acceptors (Lipinski definition) is 5. The van der Waals surface area contributed by atoms with E-state index in [9.17, 15) is 5.26 Å². The molecule has 2 heterocycles. The van der Waals surface area contributed by atoms with Gasteiger partial charge in [0.2, 0.25) is 5.88 Å². The molecule has 3 aromatic carbocycles. The van der Waals surface area contributed by atoms with Gasteiger partial charge in [-0.05, 0) is 28.0 Å². The molecule has 28 heavy (non-hydrogen) atoms. The first-order valence-electron chi connectivity index (χ1n) is 9.37. The Morgan fingerprint density at radius 3 is 2.39 bits per heavy atom. The molecule has 4 atom stereocenters. The van der Waals surface area contributed by atoms with Gasteiger partial charge in [-0.3, -0.25) is 0 Å². The van der Waals surface area contributed by atoms with E-state index in [1.807, 2.05) is 42.5 Å². The van der Waals surface area contributed by atoms with Gasteiger partial charge in [0.05, 0.1) is 11.6 Å². The fourth-order valence-electron chi connectivity index (χ4n) is 4.44. The molecule has 0 bridgehead atoms. The largest absolute Gasteiger partial charge is 0.458 e. The van der Waals surface area contributed by atoms with Gasteiger partial charge in [-0.15, -0.1) is 0 Å². The third kappa shape index (κ3) is 2.63. The summed E-state index contributed by atoms with van der Waals surface area (Å²) in [6.07, 6.45) is -0.307. The SMILES string of the molecule is N#CC1=C(N)OC2NNC(c3ccc4ccccc4c3)C2C1c1ccccc1. The highest BCUT2D eigenvalue weighted by molar-refractivity contribution is 5.83. The van der Waals surface area contributed by atoms with Crippen LogP contribution in [0.4, 0.5) is 0 Å². The Morgan fingerprint density at radius 2 is 1.61 bits per heavy atom. The quantitative estimate of drug-likeness (QED) is 0.645. The Bertz CT molecular complexity index is 1100. The molecule has 0 aliphatic carbocycles. The first-order chi connectivity index (χ1) is 13.8. The van der Waals surface area contributed by atoms with Gasteiger partial charge in [0.1, 0.15) is 6.07 Å². The number of ether oxygens (including phenoxy) is 1. The van der Waals surface area contributed by atoms with Crippen LogP contribution in [0.1, 0.15) is 23.1 Å². The normalized spacial score (nSPS) is 26.5. The van der Waals surface area contributed by atoms with Crippen molar-refractivity contribution < 1.29 is 4.74 Å². The van der Waals surface area contributed by atoms with Crippen molar-refractivity contribution in [1.82, 2.24) is 10.9 Å². The maximum atomic E-state index is 9.80. The summed E-state index contributed by atoms with van der Waals surface area (Å²) in [7, 11) is 0. The molecule has 0 spiro atoms. The summed E-state index contributed by atoms with van der Waals surface area (Å²) >= 11 is 0. The second-order valence-electron chi connectivity index (χ2n) is 7.27. The van der Waals surface area contributed by atoms with Crippen LogP contribution < -0.4 is 16.6 Å². The minimum absolute atomic E-state index is 0.00878. The molecule has 0 radical (unpaired) electrons. The maximum absolute atomic E-state index is 9.80. The minimum atomic E-state index is -0.307. The van der Waals surface area contributed by atoms with Crippen LogP contribution in [-0.4, -0.2) is 6.23 Å². The lowest BCUT2D eigenvalue weighted by Crippen LogP contribution is -2.40. The summed E-state index contributed by atoms with van der Waals surface area (Å²) in [6.45, 7) is 0. The van der Waals surface area contributed by atoms with Crippen molar-refractivity contribution in [3.63, 3.8) is 0 Å². The molecule has 1 fully saturated rings. The predicted octanol–water partition coefficient (Wildman–Crippen LogP) is 3.44. The molecule has 5 heteroatoms. The third-order valence-electron chi connectivity index (χ3n) is 5.74. The Morgan fingerprint density at radius 1 is 0.857 bits per heavy atom. The van der Waals surface area contributed by atoms with Gasteiger partial charge in [0.25, 0.3) is 0 Å². The smallest absolute Gasteiger partial charge is 0.200 e. The molecule has 138 valence electrons. The summed E-state index contributed by atoms with van der Waals surface area (Å²) in [4.78, 5) is 0. The van der Waals surface area contributed by atoms with Crippen molar-refractivity contribution >= 4 is 10.8 Å². The Kier molecular flexibility index (Phi) is 4.01. The number of hydrogen-bond donors (Lipinski definition) is 3. The van der Waals surface area contributed by atoms with Crippen LogP contribution in [0, 0.1) is 17.2 Å². The molecule has 4 N–H and O–H groups in total. The summed E-state index contributed by atoms with van der Waals surface area (Å²) < 4.78 is 5.87. The van der Waals surface area contributed by atoms with Gasteiger partial charge in [-0.2, -0.15) is 5.26 Å². The molecule has 2 aliphatic heterocycles. The van der Waals surface area contributed by atoms with E-state index < -0.39 is 0 Å². The van der Waals surface area contributed by atoms with Crippen molar-refractivity contribution in [2.75, 3.05) is 0 Å². The van der Waals surface area contributed by atoms with E-state index in [0.29, 0.717) is 5.57 Å². The third-order valence-corrected chi connectivity index (χ3v) is 5.74. The van der Waals surface area contributed by atoms with Gasteiger partial charge < -0.3 is 10.5 Å². The number of nitriles is 1. The molecule has 1 saturated heterocycles. The highest BCUT2D eigenvalue weighted by atomic mass is 16.5. The monoisotopic (exact) mass is 368 g/mol. The van der Waals surface area contributed by atoms with E-state index >= 15 is 0 Å². The topological polar surface area (TPSA) is 83.1 Å². The lowest BCUT2D eigenvalue weighted by atomic mass is 9.74. The Hall–Kier alpha value is -3.33. The van der Waals surface area contributed by atoms with Gasteiger partial charge in [-0.25, -0.2) is 10.9 Å². The number of fused-ring (bicyclic) bond motifs is 2. The van der Waals surface area contributed by atoms with E-state index in [-0.39, 0.29) is 30.0 Å². The van der Waals surface area contributed by atoms with E-state index in [1.165, 1.54) is 10.8 Å². The molecule has 4 unspecified atom stereocenters. The predicted molar refractivity (Wildman–Crippen MR) is 107 cm³/mol.